The molecule has 0 fully saturated rings. The van der Waals surface area contributed by atoms with Gasteiger partial charge in [-0.05, 0) is 37.3 Å². The number of ether oxygens (including phenoxy) is 1. The van der Waals surface area contributed by atoms with Crippen LogP contribution < -0.4 is 15.8 Å². The highest BCUT2D eigenvalue weighted by Crippen LogP contribution is 2.33. The van der Waals surface area contributed by atoms with E-state index in [-0.39, 0.29) is 34.1 Å². The van der Waals surface area contributed by atoms with Crippen molar-refractivity contribution in [2.45, 2.75) is 19.1 Å². The Labute approximate surface area is 201 Å². The molecule has 3 aromatic heterocycles. The van der Waals surface area contributed by atoms with Crippen molar-refractivity contribution >= 4 is 17.2 Å². The molecule has 36 heavy (non-hydrogen) atoms. The molecule has 3 heterocycles. The fraction of sp³-hybridized carbons (Fsp3) is 0.174. The number of carbonyl (C=O) groups is 1. The van der Waals surface area contributed by atoms with Gasteiger partial charge in [-0.1, -0.05) is 0 Å². The predicted octanol–water partition coefficient (Wildman–Crippen LogP) is 3.90. The summed E-state index contributed by atoms with van der Waals surface area (Å²) >= 11 is 0. The Morgan fingerprint density at radius 1 is 1.25 bits per heavy atom. The number of methoxy groups -OCH3 is 1. The van der Waals surface area contributed by atoms with Crippen molar-refractivity contribution in [2.75, 3.05) is 12.8 Å². The molecule has 0 radical (unpaired) electrons. The van der Waals surface area contributed by atoms with Crippen LogP contribution in [0.4, 0.5) is 23.4 Å². The van der Waals surface area contributed by atoms with Crippen LogP contribution in [0.2, 0.25) is 0 Å². The summed E-state index contributed by atoms with van der Waals surface area (Å²) in [7, 11) is 1.27. The number of rotatable bonds is 5. The molecule has 13 heteroatoms. The third-order valence-electron chi connectivity index (χ3n) is 5.42. The van der Waals surface area contributed by atoms with E-state index in [1.807, 2.05) is 6.07 Å². The van der Waals surface area contributed by atoms with Crippen LogP contribution in [-0.4, -0.2) is 32.6 Å². The van der Waals surface area contributed by atoms with E-state index in [2.05, 4.69) is 20.4 Å². The van der Waals surface area contributed by atoms with Gasteiger partial charge in [0.25, 0.3) is 5.91 Å². The van der Waals surface area contributed by atoms with E-state index in [4.69, 9.17) is 10.5 Å². The molecule has 1 amide bonds. The molecular weight excluding hydrogens is 482 g/mol. The fourth-order valence-electron chi connectivity index (χ4n) is 3.68. The summed E-state index contributed by atoms with van der Waals surface area (Å²) in [6, 6.07) is 5.70. The van der Waals surface area contributed by atoms with Gasteiger partial charge in [0.05, 0.1) is 30.0 Å². The zero-order valence-corrected chi connectivity index (χ0v) is 18.8. The molecule has 0 saturated heterocycles. The molecule has 0 unspecified atom stereocenters. The van der Waals surface area contributed by atoms with Crippen LogP contribution in [-0.2, 0) is 6.18 Å². The normalized spacial score (nSPS) is 12.2. The van der Waals surface area contributed by atoms with Crippen LogP contribution in [0, 0.1) is 17.1 Å². The zero-order chi connectivity index (χ0) is 26.2. The number of nitrogen functional groups attached to an aromatic ring is 1. The van der Waals surface area contributed by atoms with E-state index < -0.39 is 29.5 Å². The Morgan fingerprint density at radius 2 is 2.00 bits per heavy atom. The average Bonchev–Trinajstić information content (AvgIpc) is 3.23. The highest BCUT2D eigenvalue weighted by Gasteiger charge is 2.32. The second kappa shape index (κ2) is 9.14. The monoisotopic (exact) mass is 499 g/mol. The Bertz CT molecular complexity index is 1530. The Morgan fingerprint density at radius 3 is 2.67 bits per heavy atom. The number of nitrogens with one attached hydrogen (secondary N) is 1. The lowest BCUT2D eigenvalue weighted by atomic mass is 10.0. The third kappa shape index (κ3) is 4.36. The van der Waals surface area contributed by atoms with Crippen LogP contribution in [0.15, 0.2) is 42.9 Å². The van der Waals surface area contributed by atoms with Crippen molar-refractivity contribution < 1.29 is 27.1 Å². The number of hydrogen-bond donors (Lipinski definition) is 2. The summed E-state index contributed by atoms with van der Waals surface area (Å²) in [6.07, 6.45) is -2.13. The van der Waals surface area contributed by atoms with Gasteiger partial charge in [0.1, 0.15) is 29.3 Å². The highest BCUT2D eigenvalue weighted by molar-refractivity contribution is 5.98. The minimum absolute atomic E-state index is 0.0959. The Balaban J connectivity index is 1.74. The minimum atomic E-state index is -4.68. The molecule has 0 aliphatic rings. The number of nitrogens with zero attached hydrogens (tertiary/aromatic N) is 5. The van der Waals surface area contributed by atoms with E-state index in [1.54, 1.807) is 0 Å². The number of anilines is 1. The molecule has 4 aromatic rings. The van der Waals surface area contributed by atoms with Gasteiger partial charge in [0.15, 0.2) is 5.82 Å². The first-order chi connectivity index (χ1) is 17.0. The summed E-state index contributed by atoms with van der Waals surface area (Å²) in [4.78, 5) is 21.1. The first-order valence-electron chi connectivity index (χ1n) is 10.3. The Hall–Kier alpha value is -4.73. The Kier molecular flexibility index (Phi) is 6.19. The molecule has 0 aliphatic heterocycles. The first kappa shape index (κ1) is 24.4. The number of nitrogens with two attached hydrogens (primary N) is 1. The van der Waals surface area contributed by atoms with Crippen molar-refractivity contribution in [1.82, 2.24) is 24.9 Å². The second-order valence-electron chi connectivity index (χ2n) is 7.67. The number of aromatic nitrogens is 4. The fourth-order valence-corrected chi connectivity index (χ4v) is 3.68. The van der Waals surface area contributed by atoms with Crippen molar-refractivity contribution in [1.29, 1.82) is 5.26 Å². The molecule has 9 nitrogen and oxygen atoms in total. The van der Waals surface area contributed by atoms with Crippen molar-refractivity contribution in [2.24, 2.45) is 0 Å². The molecule has 0 saturated carbocycles. The second-order valence-corrected chi connectivity index (χ2v) is 7.67. The molecule has 0 aliphatic carbocycles. The van der Waals surface area contributed by atoms with Gasteiger partial charge in [-0.3, -0.25) is 4.79 Å². The zero-order valence-electron chi connectivity index (χ0n) is 18.8. The largest absolute Gasteiger partial charge is 0.480 e. The number of fused-ring (bicyclic) bond motifs is 1. The van der Waals surface area contributed by atoms with Gasteiger partial charge >= 0.3 is 6.18 Å². The first-order valence-corrected chi connectivity index (χ1v) is 10.3. The SMILES string of the molecule is COc1ncc(-c2c(C#N)cc3c(N)ncnn23)cc1C(=O)N[C@H](C)c1cc(C(F)(F)F)ccc1F. The molecule has 184 valence electrons. The summed E-state index contributed by atoms with van der Waals surface area (Å²) in [6.45, 7) is 1.34. The lowest BCUT2D eigenvalue weighted by molar-refractivity contribution is -0.137. The van der Waals surface area contributed by atoms with Gasteiger partial charge in [-0.25, -0.2) is 18.9 Å². The summed E-state index contributed by atoms with van der Waals surface area (Å²) in [5, 5.41) is 16.2. The number of halogens is 4. The molecule has 1 atom stereocenters. The maximum atomic E-state index is 14.3. The number of alkyl halides is 3. The standard InChI is InChI=1S/C23H17F4N7O2/c1-11(15-7-14(23(25,26)27)3-4-17(15)24)33-21(35)16-5-13(9-30-22(16)36-2)19-12(8-28)6-18-20(29)31-10-32-34(18)19/h3-7,9-11H,1-2H3,(H,33,35)(H2,29,31,32)/t11-/m1/s1. The number of benzene rings is 1. The van der Waals surface area contributed by atoms with Gasteiger partial charge in [0.2, 0.25) is 5.88 Å². The molecule has 0 spiro atoms. The molecule has 3 N–H and O–H groups in total. The van der Waals surface area contributed by atoms with Crippen LogP contribution in [0.5, 0.6) is 5.88 Å². The third-order valence-corrected chi connectivity index (χ3v) is 5.42. The van der Waals surface area contributed by atoms with Gasteiger partial charge in [0, 0.05) is 17.3 Å². The predicted molar refractivity (Wildman–Crippen MR) is 119 cm³/mol. The number of hydrogen-bond acceptors (Lipinski definition) is 7. The minimum Gasteiger partial charge on any atom is -0.480 e. The number of carbonyl (C=O) groups excluding carboxylic acids is 1. The van der Waals surface area contributed by atoms with Crippen molar-refractivity contribution in [3.05, 3.63) is 70.9 Å². The van der Waals surface area contributed by atoms with Crippen LogP contribution in [0.1, 0.15) is 40.0 Å². The van der Waals surface area contributed by atoms with Crippen LogP contribution in [0.25, 0.3) is 16.8 Å². The molecule has 4 rings (SSSR count). The average molecular weight is 499 g/mol. The van der Waals surface area contributed by atoms with E-state index >= 15 is 0 Å². The van der Waals surface area contributed by atoms with E-state index in [1.165, 1.54) is 43.2 Å². The van der Waals surface area contributed by atoms with Gasteiger partial charge in [-0.2, -0.15) is 23.5 Å². The van der Waals surface area contributed by atoms with E-state index in [9.17, 15) is 27.6 Å². The number of pyridine rings is 1. The lowest BCUT2D eigenvalue weighted by Gasteiger charge is -2.18. The van der Waals surface area contributed by atoms with E-state index in [0.29, 0.717) is 29.3 Å². The van der Waals surface area contributed by atoms with Crippen molar-refractivity contribution in [3.63, 3.8) is 0 Å². The molecular formula is C23H17F4N7O2. The number of amides is 1. The molecule has 1 aromatic carbocycles. The maximum Gasteiger partial charge on any atom is 0.416 e. The lowest BCUT2D eigenvalue weighted by Crippen LogP contribution is -2.28. The van der Waals surface area contributed by atoms with Crippen LogP contribution >= 0.6 is 0 Å². The molecule has 0 bridgehead atoms. The van der Waals surface area contributed by atoms with E-state index in [0.717, 1.165) is 0 Å². The topological polar surface area (TPSA) is 131 Å². The highest BCUT2D eigenvalue weighted by atomic mass is 19.4. The quantitative estimate of drug-likeness (QED) is 0.398. The van der Waals surface area contributed by atoms with Gasteiger partial charge < -0.3 is 15.8 Å². The summed E-state index contributed by atoms with van der Waals surface area (Å²) < 4.78 is 60.1. The van der Waals surface area contributed by atoms with Gasteiger partial charge in [-0.15, -0.1) is 0 Å². The smallest absolute Gasteiger partial charge is 0.416 e. The van der Waals surface area contributed by atoms with Crippen LogP contribution in [0.3, 0.4) is 0 Å². The number of nitriles is 1. The summed E-state index contributed by atoms with van der Waals surface area (Å²) in [5.41, 5.74) is 5.49. The summed E-state index contributed by atoms with van der Waals surface area (Å²) in [5.74, 6) is -1.67. The maximum absolute atomic E-state index is 14.3. The van der Waals surface area contributed by atoms with Crippen molar-refractivity contribution in [3.8, 4) is 23.2 Å².